The van der Waals surface area contributed by atoms with Gasteiger partial charge in [0.05, 0.1) is 5.56 Å². The number of nitrogens with one attached hydrogen (secondary N) is 2. The van der Waals surface area contributed by atoms with Gasteiger partial charge in [0.15, 0.2) is 0 Å². The molecular weight excluding hydrogens is 363 g/mol. The number of hydrogen-bond acceptors (Lipinski definition) is 3. The van der Waals surface area contributed by atoms with Crippen LogP contribution in [0.5, 0.6) is 0 Å². The summed E-state index contributed by atoms with van der Waals surface area (Å²) in [4.78, 5) is 13.5. The van der Waals surface area contributed by atoms with E-state index in [1.165, 1.54) is 11.1 Å². The minimum absolute atomic E-state index is 0. The molecule has 0 saturated carbocycles. The standard InChI is InChI=1S/C18H19ClN2OS.ClH/c1-2-23-17-6-5-15(19)8-16(17)18(22)21-9-12-3-4-13-10-20-11-14(13)7-12;/h3-8,20H,2,9-11H2,1H3,(H,21,22);1H. The lowest BCUT2D eigenvalue weighted by Gasteiger charge is -2.11. The Morgan fingerprint density at radius 3 is 2.79 bits per heavy atom. The highest BCUT2D eigenvalue weighted by Gasteiger charge is 2.13. The van der Waals surface area contributed by atoms with Crippen molar-refractivity contribution in [2.45, 2.75) is 31.5 Å². The Morgan fingerprint density at radius 2 is 2.00 bits per heavy atom. The maximum absolute atomic E-state index is 12.5. The van der Waals surface area contributed by atoms with Crippen molar-refractivity contribution in [1.82, 2.24) is 10.6 Å². The fraction of sp³-hybridized carbons (Fsp3) is 0.278. The lowest BCUT2D eigenvalue weighted by molar-refractivity contribution is 0.0948. The molecular formula is C18H20Cl2N2OS. The highest BCUT2D eigenvalue weighted by atomic mass is 35.5. The number of carbonyl (C=O) groups excluding carboxylic acids is 1. The van der Waals surface area contributed by atoms with Gasteiger partial charge in [0, 0.05) is 29.6 Å². The molecule has 3 rings (SSSR count). The zero-order chi connectivity index (χ0) is 16.2. The summed E-state index contributed by atoms with van der Waals surface area (Å²) in [6, 6.07) is 11.8. The largest absolute Gasteiger partial charge is 0.348 e. The summed E-state index contributed by atoms with van der Waals surface area (Å²) in [6.45, 7) is 4.43. The zero-order valence-corrected chi connectivity index (χ0v) is 15.8. The van der Waals surface area contributed by atoms with Crippen LogP contribution < -0.4 is 10.6 Å². The van der Waals surface area contributed by atoms with Gasteiger partial charge in [-0.15, -0.1) is 24.2 Å². The molecule has 128 valence electrons. The van der Waals surface area contributed by atoms with Gasteiger partial charge >= 0.3 is 0 Å². The first kappa shape index (κ1) is 19.1. The lowest BCUT2D eigenvalue weighted by atomic mass is 10.1. The summed E-state index contributed by atoms with van der Waals surface area (Å²) < 4.78 is 0. The third-order valence-electron chi connectivity index (χ3n) is 3.84. The molecule has 3 nitrogen and oxygen atoms in total. The molecule has 0 aliphatic carbocycles. The van der Waals surface area contributed by atoms with E-state index < -0.39 is 0 Å². The second kappa shape index (κ2) is 8.77. The zero-order valence-electron chi connectivity index (χ0n) is 13.4. The molecule has 0 bridgehead atoms. The van der Waals surface area contributed by atoms with E-state index in [1.54, 1.807) is 17.8 Å². The van der Waals surface area contributed by atoms with Gasteiger partial charge in [0.1, 0.15) is 0 Å². The van der Waals surface area contributed by atoms with Gasteiger partial charge < -0.3 is 10.6 Å². The van der Waals surface area contributed by atoms with Crippen LogP contribution in [0.25, 0.3) is 0 Å². The monoisotopic (exact) mass is 382 g/mol. The Kier molecular flexibility index (Phi) is 6.99. The van der Waals surface area contributed by atoms with Crippen LogP contribution in [0.1, 0.15) is 34.0 Å². The Balaban J connectivity index is 0.00000208. The second-order valence-corrected chi connectivity index (χ2v) is 7.21. The molecule has 0 unspecified atom stereocenters. The van der Waals surface area contributed by atoms with Crippen LogP contribution in [-0.2, 0) is 19.6 Å². The predicted octanol–water partition coefficient (Wildman–Crippen LogP) is 4.41. The van der Waals surface area contributed by atoms with Crippen molar-refractivity contribution in [3.63, 3.8) is 0 Å². The maximum Gasteiger partial charge on any atom is 0.252 e. The van der Waals surface area contributed by atoms with Crippen LogP contribution in [0.3, 0.4) is 0 Å². The second-order valence-electron chi connectivity index (χ2n) is 5.46. The molecule has 2 N–H and O–H groups in total. The predicted molar refractivity (Wildman–Crippen MR) is 103 cm³/mol. The van der Waals surface area contributed by atoms with Gasteiger partial charge in [0.25, 0.3) is 5.91 Å². The molecule has 0 aromatic heterocycles. The molecule has 24 heavy (non-hydrogen) atoms. The van der Waals surface area contributed by atoms with Crippen LogP contribution in [0.15, 0.2) is 41.3 Å². The highest BCUT2D eigenvalue weighted by Crippen LogP contribution is 2.25. The van der Waals surface area contributed by atoms with E-state index in [0.717, 1.165) is 29.3 Å². The van der Waals surface area contributed by atoms with Gasteiger partial charge in [0.2, 0.25) is 0 Å². The highest BCUT2D eigenvalue weighted by molar-refractivity contribution is 7.99. The summed E-state index contributed by atoms with van der Waals surface area (Å²) in [5.41, 5.74) is 4.43. The van der Waals surface area contributed by atoms with Crippen LogP contribution in [0, 0.1) is 0 Å². The number of hydrogen-bond donors (Lipinski definition) is 2. The average molecular weight is 383 g/mol. The molecule has 1 aliphatic rings. The summed E-state index contributed by atoms with van der Waals surface area (Å²) in [5, 5.41) is 6.91. The van der Waals surface area contributed by atoms with Gasteiger partial charge in [-0.3, -0.25) is 4.79 Å². The summed E-state index contributed by atoms with van der Waals surface area (Å²) in [7, 11) is 0. The fourth-order valence-corrected chi connectivity index (χ4v) is 3.65. The molecule has 0 spiro atoms. The van der Waals surface area contributed by atoms with Crippen molar-refractivity contribution in [2.75, 3.05) is 5.75 Å². The van der Waals surface area contributed by atoms with Gasteiger partial charge in [-0.25, -0.2) is 0 Å². The minimum atomic E-state index is -0.0814. The van der Waals surface area contributed by atoms with E-state index in [4.69, 9.17) is 11.6 Å². The Labute approximate surface area is 158 Å². The molecule has 0 saturated heterocycles. The first-order valence-corrected chi connectivity index (χ1v) is 9.05. The molecule has 2 aromatic rings. The number of benzene rings is 2. The Hall–Kier alpha value is -1.20. The van der Waals surface area contributed by atoms with Gasteiger partial charge in [-0.05, 0) is 40.6 Å². The van der Waals surface area contributed by atoms with E-state index in [1.807, 2.05) is 12.1 Å². The topological polar surface area (TPSA) is 41.1 Å². The Morgan fingerprint density at radius 1 is 1.21 bits per heavy atom. The van der Waals surface area contributed by atoms with Gasteiger partial charge in [-0.1, -0.05) is 36.7 Å². The number of halogens is 2. The van der Waals surface area contributed by atoms with Crippen LogP contribution >= 0.6 is 35.8 Å². The van der Waals surface area contributed by atoms with Crippen molar-refractivity contribution in [3.8, 4) is 0 Å². The number of carbonyl (C=O) groups is 1. The van der Waals surface area contributed by atoms with E-state index in [9.17, 15) is 4.79 Å². The summed E-state index contributed by atoms with van der Waals surface area (Å²) >= 11 is 7.70. The smallest absolute Gasteiger partial charge is 0.252 e. The van der Waals surface area contributed by atoms with E-state index in [-0.39, 0.29) is 18.3 Å². The SMILES string of the molecule is CCSc1ccc(Cl)cc1C(=O)NCc1ccc2c(c1)CNC2.Cl. The molecule has 0 atom stereocenters. The van der Waals surface area contributed by atoms with Crippen LogP contribution in [-0.4, -0.2) is 11.7 Å². The number of fused-ring (bicyclic) bond motifs is 1. The normalized spacial score (nSPS) is 12.4. The van der Waals surface area contributed by atoms with Crippen molar-refractivity contribution in [1.29, 1.82) is 0 Å². The minimum Gasteiger partial charge on any atom is -0.348 e. The lowest BCUT2D eigenvalue weighted by Crippen LogP contribution is -2.23. The quantitative estimate of drug-likeness (QED) is 0.752. The molecule has 1 amide bonds. The molecule has 0 fully saturated rings. The van der Waals surface area contributed by atoms with E-state index >= 15 is 0 Å². The number of amides is 1. The van der Waals surface area contributed by atoms with Crippen molar-refractivity contribution in [2.24, 2.45) is 0 Å². The first-order chi connectivity index (χ1) is 11.2. The Bertz CT molecular complexity index is 737. The van der Waals surface area contributed by atoms with Crippen molar-refractivity contribution < 1.29 is 4.79 Å². The summed E-state index contributed by atoms with van der Waals surface area (Å²) in [5.74, 6) is 0.835. The molecule has 1 aliphatic heterocycles. The van der Waals surface area contributed by atoms with Crippen molar-refractivity contribution >= 4 is 41.7 Å². The third kappa shape index (κ3) is 4.45. The number of rotatable bonds is 5. The molecule has 2 aromatic carbocycles. The molecule has 6 heteroatoms. The van der Waals surface area contributed by atoms with E-state index in [2.05, 4.69) is 35.8 Å². The molecule has 1 heterocycles. The fourth-order valence-electron chi connectivity index (χ4n) is 2.70. The maximum atomic E-state index is 12.5. The van der Waals surface area contributed by atoms with Crippen LogP contribution in [0.2, 0.25) is 5.02 Å². The van der Waals surface area contributed by atoms with Crippen molar-refractivity contribution in [3.05, 3.63) is 63.7 Å². The number of thioether (sulfide) groups is 1. The first-order valence-electron chi connectivity index (χ1n) is 7.69. The van der Waals surface area contributed by atoms with E-state index in [0.29, 0.717) is 17.1 Å². The molecule has 0 radical (unpaired) electrons. The third-order valence-corrected chi connectivity index (χ3v) is 5.03. The van der Waals surface area contributed by atoms with Gasteiger partial charge in [-0.2, -0.15) is 0 Å². The summed E-state index contributed by atoms with van der Waals surface area (Å²) in [6.07, 6.45) is 0. The average Bonchev–Trinajstić information content (AvgIpc) is 3.02. The van der Waals surface area contributed by atoms with Crippen LogP contribution in [0.4, 0.5) is 0 Å².